The number of carbonyl (C=O) groups excluding carboxylic acids is 2. The third kappa shape index (κ3) is 8.99. The number of carbonyl (C=O) groups is 2. The van der Waals surface area contributed by atoms with Gasteiger partial charge in [0, 0.05) is 34.3 Å². The molecular formula is C29H32BrClN2O2S. The molecule has 3 rings (SSSR count). The fourth-order valence-corrected chi connectivity index (χ4v) is 5.19. The van der Waals surface area contributed by atoms with Crippen molar-refractivity contribution in [2.45, 2.75) is 51.1 Å². The molecule has 4 nitrogen and oxygen atoms in total. The molecule has 0 aromatic heterocycles. The van der Waals surface area contributed by atoms with Crippen LogP contribution in [0.15, 0.2) is 83.3 Å². The van der Waals surface area contributed by atoms with E-state index in [9.17, 15) is 9.59 Å². The lowest BCUT2D eigenvalue weighted by atomic mass is 10.0. The molecular weight excluding hydrogens is 556 g/mol. The second kappa shape index (κ2) is 14.5. The summed E-state index contributed by atoms with van der Waals surface area (Å²) in [5, 5.41) is 3.80. The zero-order valence-corrected chi connectivity index (χ0v) is 23.8. The van der Waals surface area contributed by atoms with Crippen molar-refractivity contribution in [3.8, 4) is 0 Å². The monoisotopic (exact) mass is 586 g/mol. The van der Waals surface area contributed by atoms with Gasteiger partial charge in [-0.05, 0) is 54.3 Å². The maximum atomic E-state index is 13.7. The van der Waals surface area contributed by atoms with Crippen LogP contribution in [0.25, 0.3) is 0 Å². The number of nitrogens with one attached hydrogen (secondary N) is 1. The largest absolute Gasteiger partial charge is 0.352 e. The second-order valence-corrected chi connectivity index (χ2v) is 11.1. The van der Waals surface area contributed by atoms with E-state index in [2.05, 4.69) is 21.2 Å². The Bertz CT molecular complexity index is 1130. The molecule has 0 unspecified atom stereocenters. The SMILES string of the molecule is CC[C@@H](C)NC(=O)[C@@H](Cc1ccccc1)N(Cc1cccc(Br)c1)C(=O)CSCc1ccc(Cl)cc1. The molecule has 2 atom stereocenters. The van der Waals surface area contributed by atoms with Gasteiger partial charge in [0.15, 0.2) is 0 Å². The summed E-state index contributed by atoms with van der Waals surface area (Å²) in [4.78, 5) is 28.9. The Labute approximate surface area is 231 Å². The summed E-state index contributed by atoms with van der Waals surface area (Å²) in [6.45, 7) is 4.38. The minimum atomic E-state index is -0.621. The van der Waals surface area contributed by atoms with Gasteiger partial charge in [-0.3, -0.25) is 9.59 Å². The molecule has 0 aliphatic rings. The van der Waals surface area contributed by atoms with Crippen molar-refractivity contribution in [2.75, 3.05) is 5.75 Å². The van der Waals surface area contributed by atoms with Crippen LogP contribution in [0, 0.1) is 0 Å². The number of nitrogens with zero attached hydrogens (tertiary/aromatic N) is 1. The van der Waals surface area contributed by atoms with Crippen molar-refractivity contribution < 1.29 is 9.59 Å². The molecule has 0 aliphatic heterocycles. The van der Waals surface area contributed by atoms with E-state index in [-0.39, 0.29) is 23.6 Å². The zero-order valence-electron chi connectivity index (χ0n) is 20.6. The molecule has 0 radical (unpaired) electrons. The lowest BCUT2D eigenvalue weighted by Crippen LogP contribution is -2.52. The van der Waals surface area contributed by atoms with Crippen LogP contribution >= 0.6 is 39.3 Å². The summed E-state index contributed by atoms with van der Waals surface area (Å²) in [6.07, 6.45) is 1.27. The molecule has 0 fully saturated rings. The molecule has 3 aromatic carbocycles. The number of hydrogen-bond donors (Lipinski definition) is 1. The molecule has 0 saturated heterocycles. The van der Waals surface area contributed by atoms with E-state index in [1.807, 2.05) is 92.7 Å². The maximum absolute atomic E-state index is 13.7. The topological polar surface area (TPSA) is 49.4 Å². The number of thioether (sulfide) groups is 1. The fourth-order valence-electron chi connectivity index (χ4n) is 3.75. The van der Waals surface area contributed by atoms with Gasteiger partial charge in [0.1, 0.15) is 6.04 Å². The Morgan fingerprint density at radius 2 is 1.67 bits per heavy atom. The highest BCUT2D eigenvalue weighted by Gasteiger charge is 2.30. The standard InChI is InChI=1S/C29H32BrClN2O2S/c1-3-21(2)32-29(35)27(17-22-8-5-4-6-9-22)33(18-24-10-7-11-25(30)16-24)28(34)20-36-19-23-12-14-26(31)15-13-23/h4-16,21,27H,3,17-20H2,1-2H3,(H,32,35)/t21-,27-/m1/s1. The number of hydrogen-bond acceptors (Lipinski definition) is 3. The van der Waals surface area contributed by atoms with E-state index >= 15 is 0 Å². The van der Waals surface area contributed by atoms with Crippen LogP contribution in [0.3, 0.4) is 0 Å². The highest BCUT2D eigenvalue weighted by atomic mass is 79.9. The number of halogens is 2. The minimum Gasteiger partial charge on any atom is -0.352 e. The Morgan fingerprint density at radius 3 is 2.33 bits per heavy atom. The first-order chi connectivity index (χ1) is 17.4. The van der Waals surface area contributed by atoms with Crippen LogP contribution in [0.2, 0.25) is 5.02 Å². The molecule has 190 valence electrons. The molecule has 36 heavy (non-hydrogen) atoms. The Kier molecular flexibility index (Phi) is 11.4. The highest BCUT2D eigenvalue weighted by Crippen LogP contribution is 2.21. The summed E-state index contributed by atoms with van der Waals surface area (Å²) >= 11 is 11.1. The van der Waals surface area contributed by atoms with Gasteiger partial charge < -0.3 is 10.2 Å². The smallest absolute Gasteiger partial charge is 0.243 e. The van der Waals surface area contributed by atoms with Crippen LogP contribution in [-0.4, -0.2) is 34.6 Å². The van der Waals surface area contributed by atoms with Crippen molar-refractivity contribution in [3.05, 3.63) is 105 Å². The molecule has 0 aliphatic carbocycles. The number of rotatable bonds is 12. The van der Waals surface area contributed by atoms with Crippen LogP contribution in [0.5, 0.6) is 0 Å². The first-order valence-electron chi connectivity index (χ1n) is 12.1. The normalized spacial score (nSPS) is 12.6. The molecule has 0 heterocycles. The van der Waals surface area contributed by atoms with Crippen LogP contribution in [0.1, 0.15) is 37.0 Å². The van der Waals surface area contributed by atoms with E-state index in [0.717, 1.165) is 27.6 Å². The third-order valence-corrected chi connectivity index (χ3v) is 7.66. The van der Waals surface area contributed by atoms with Gasteiger partial charge in [0.2, 0.25) is 11.8 Å². The van der Waals surface area contributed by atoms with Crippen molar-refractivity contribution in [1.29, 1.82) is 0 Å². The zero-order chi connectivity index (χ0) is 25.9. The van der Waals surface area contributed by atoms with Gasteiger partial charge in [-0.25, -0.2) is 0 Å². The summed E-state index contributed by atoms with van der Waals surface area (Å²) in [6, 6.07) is 24.8. The molecule has 0 bridgehead atoms. The Morgan fingerprint density at radius 1 is 0.972 bits per heavy atom. The van der Waals surface area contributed by atoms with Crippen molar-refractivity contribution in [2.24, 2.45) is 0 Å². The lowest BCUT2D eigenvalue weighted by molar-refractivity contribution is -0.139. The number of benzene rings is 3. The predicted molar refractivity (Wildman–Crippen MR) is 154 cm³/mol. The van der Waals surface area contributed by atoms with Crippen LogP contribution < -0.4 is 5.32 Å². The number of amides is 2. The maximum Gasteiger partial charge on any atom is 0.243 e. The van der Waals surface area contributed by atoms with Gasteiger partial charge in [0.05, 0.1) is 5.75 Å². The van der Waals surface area contributed by atoms with Crippen LogP contribution in [0.4, 0.5) is 0 Å². The third-order valence-electron chi connectivity index (χ3n) is 5.92. The van der Waals surface area contributed by atoms with E-state index in [1.54, 1.807) is 16.7 Å². The van der Waals surface area contributed by atoms with Gasteiger partial charge in [0.25, 0.3) is 0 Å². The molecule has 1 N–H and O–H groups in total. The van der Waals surface area contributed by atoms with Gasteiger partial charge >= 0.3 is 0 Å². The predicted octanol–water partition coefficient (Wildman–Crippen LogP) is 6.89. The van der Waals surface area contributed by atoms with E-state index in [0.29, 0.717) is 23.7 Å². The first-order valence-corrected chi connectivity index (χ1v) is 14.4. The summed E-state index contributed by atoms with van der Waals surface area (Å²) in [7, 11) is 0. The van der Waals surface area contributed by atoms with Crippen LogP contribution in [-0.2, 0) is 28.3 Å². The second-order valence-electron chi connectivity index (χ2n) is 8.79. The summed E-state index contributed by atoms with van der Waals surface area (Å²) in [5.74, 6) is 0.780. The lowest BCUT2D eigenvalue weighted by Gasteiger charge is -2.32. The molecule has 0 spiro atoms. The van der Waals surface area contributed by atoms with Crippen molar-refractivity contribution in [3.63, 3.8) is 0 Å². The van der Waals surface area contributed by atoms with E-state index in [1.165, 1.54) is 0 Å². The van der Waals surface area contributed by atoms with Gasteiger partial charge in [-0.1, -0.05) is 89.1 Å². The summed E-state index contributed by atoms with van der Waals surface area (Å²) < 4.78 is 0.938. The molecule has 2 amide bonds. The average molecular weight is 588 g/mol. The molecule has 0 saturated carbocycles. The average Bonchev–Trinajstić information content (AvgIpc) is 2.87. The summed E-state index contributed by atoms with van der Waals surface area (Å²) in [5.41, 5.74) is 3.09. The Balaban J connectivity index is 1.85. The Hall–Kier alpha value is -2.28. The fraction of sp³-hybridized carbons (Fsp3) is 0.310. The van der Waals surface area contributed by atoms with Gasteiger partial charge in [-0.15, -0.1) is 11.8 Å². The van der Waals surface area contributed by atoms with E-state index in [4.69, 9.17) is 11.6 Å². The van der Waals surface area contributed by atoms with Crippen molar-refractivity contribution in [1.82, 2.24) is 10.2 Å². The first kappa shape index (κ1) is 28.3. The quantitative estimate of drug-likeness (QED) is 0.251. The minimum absolute atomic E-state index is 0.0258. The van der Waals surface area contributed by atoms with E-state index < -0.39 is 6.04 Å². The van der Waals surface area contributed by atoms with Gasteiger partial charge in [-0.2, -0.15) is 0 Å². The highest BCUT2D eigenvalue weighted by molar-refractivity contribution is 9.10. The molecule has 7 heteroatoms. The van der Waals surface area contributed by atoms with Crippen molar-refractivity contribution >= 4 is 51.1 Å². The molecule has 3 aromatic rings.